The molecule has 2 amide bonds. The van der Waals surface area contributed by atoms with Gasteiger partial charge in [0.15, 0.2) is 0 Å². The van der Waals surface area contributed by atoms with Crippen LogP contribution in [0, 0.1) is 0 Å². The average molecular weight is 406 g/mol. The van der Waals surface area contributed by atoms with Crippen LogP contribution in [0.4, 0.5) is 16.3 Å². The molecule has 0 bridgehead atoms. The Kier molecular flexibility index (Phi) is 6.98. The van der Waals surface area contributed by atoms with Crippen molar-refractivity contribution in [2.24, 2.45) is 0 Å². The number of carbonyl (C=O) groups is 1. The number of hydrogen-bond acceptors (Lipinski definition) is 5. The van der Waals surface area contributed by atoms with E-state index in [1.165, 1.54) is 16.4 Å². The van der Waals surface area contributed by atoms with Gasteiger partial charge in [0, 0.05) is 45.6 Å². The Hall–Kier alpha value is -2.65. The topological polar surface area (TPSA) is 94.6 Å². The smallest absolute Gasteiger partial charge is 0.319 e. The summed E-state index contributed by atoms with van der Waals surface area (Å²) in [5.41, 5.74) is 1.38. The van der Waals surface area contributed by atoms with E-state index in [2.05, 4.69) is 15.6 Å². The van der Waals surface area contributed by atoms with Crippen LogP contribution >= 0.6 is 0 Å². The van der Waals surface area contributed by atoms with Crippen LogP contribution in [-0.2, 0) is 16.6 Å². The molecular weight excluding hydrogens is 378 g/mol. The molecule has 9 heteroatoms. The number of carbonyl (C=O) groups excluding carboxylic acids is 1. The minimum absolute atomic E-state index is 0.144. The quantitative estimate of drug-likeness (QED) is 0.738. The van der Waals surface area contributed by atoms with Crippen molar-refractivity contribution in [1.29, 1.82) is 0 Å². The molecule has 0 fully saturated rings. The number of benzene rings is 1. The lowest BCUT2D eigenvalue weighted by Crippen LogP contribution is -2.33. The largest absolute Gasteiger partial charge is 0.363 e. The zero-order valence-corrected chi connectivity index (χ0v) is 17.6. The summed E-state index contributed by atoms with van der Waals surface area (Å²) in [4.78, 5) is 18.4. The number of sulfonamides is 1. The second kappa shape index (κ2) is 9.03. The molecule has 0 aliphatic carbocycles. The van der Waals surface area contributed by atoms with Gasteiger partial charge in [-0.15, -0.1) is 0 Å². The number of nitrogens with one attached hydrogen (secondary N) is 2. The molecule has 2 N–H and O–H groups in total. The molecule has 0 saturated heterocycles. The monoisotopic (exact) mass is 405 g/mol. The maximum absolute atomic E-state index is 12.4. The van der Waals surface area contributed by atoms with Gasteiger partial charge in [0.2, 0.25) is 10.0 Å². The molecule has 28 heavy (non-hydrogen) atoms. The lowest BCUT2D eigenvalue weighted by atomic mass is 10.3. The number of nitrogens with zero attached hydrogens (tertiary/aromatic N) is 3. The summed E-state index contributed by atoms with van der Waals surface area (Å²) in [6.07, 6.45) is 1.71. The van der Waals surface area contributed by atoms with E-state index in [-0.39, 0.29) is 17.0 Å². The molecule has 2 aromatic rings. The van der Waals surface area contributed by atoms with Crippen LogP contribution in [0.2, 0.25) is 0 Å². The molecule has 0 aliphatic heterocycles. The third-order valence-electron chi connectivity index (χ3n) is 4.24. The standard InChI is InChI=1S/C19H27N5O3S/c1-14(2)24(5)28(26,27)17-9-7-16(8-10-17)22-19(25)21-13-15-6-11-18(20-12-15)23(3)4/h6-12,14H,13H2,1-5H3,(H2,21,22,25). The maximum Gasteiger partial charge on any atom is 0.319 e. The second-order valence-corrected chi connectivity index (χ2v) is 8.86. The van der Waals surface area contributed by atoms with Crippen molar-refractivity contribution in [2.45, 2.75) is 31.3 Å². The van der Waals surface area contributed by atoms with Gasteiger partial charge in [-0.3, -0.25) is 0 Å². The summed E-state index contributed by atoms with van der Waals surface area (Å²) in [5.74, 6) is 0.839. The van der Waals surface area contributed by atoms with Gasteiger partial charge >= 0.3 is 6.03 Å². The normalized spacial score (nSPS) is 11.5. The van der Waals surface area contributed by atoms with E-state index in [0.29, 0.717) is 12.2 Å². The van der Waals surface area contributed by atoms with Gasteiger partial charge in [0.05, 0.1) is 4.90 Å². The van der Waals surface area contributed by atoms with E-state index in [1.54, 1.807) is 39.2 Å². The minimum Gasteiger partial charge on any atom is -0.363 e. The number of rotatable bonds is 7. The molecule has 0 spiro atoms. The average Bonchev–Trinajstić information content (AvgIpc) is 2.66. The summed E-state index contributed by atoms with van der Waals surface area (Å²) >= 11 is 0. The Bertz CT molecular complexity index is 894. The first-order valence-electron chi connectivity index (χ1n) is 8.86. The second-order valence-electron chi connectivity index (χ2n) is 6.87. The summed E-state index contributed by atoms with van der Waals surface area (Å²) < 4.78 is 26.2. The molecule has 0 radical (unpaired) electrons. The lowest BCUT2D eigenvalue weighted by molar-refractivity contribution is 0.251. The summed E-state index contributed by atoms with van der Waals surface area (Å²) in [7, 11) is 1.81. The molecule has 1 heterocycles. The molecule has 1 aromatic heterocycles. The van der Waals surface area contributed by atoms with Crippen molar-refractivity contribution in [3.63, 3.8) is 0 Å². The fourth-order valence-electron chi connectivity index (χ4n) is 2.30. The van der Waals surface area contributed by atoms with Crippen LogP contribution in [0.15, 0.2) is 47.5 Å². The predicted octanol–water partition coefficient (Wildman–Crippen LogP) is 2.50. The van der Waals surface area contributed by atoms with Crippen molar-refractivity contribution < 1.29 is 13.2 Å². The molecule has 0 unspecified atom stereocenters. The first-order valence-corrected chi connectivity index (χ1v) is 10.3. The van der Waals surface area contributed by atoms with Crippen LogP contribution in [0.3, 0.4) is 0 Å². The van der Waals surface area contributed by atoms with Crippen LogP contribution in [0.5, 0.6) is 0 Å². The Morgan fingerprint density at radius 3 is 2.21 bits per heavy atom. The van der Waals surface area contributed by atoms with Gasteiger partial charge in [-0.1, -0.05) is 6.07 Å². The van der Waals surface area contributed by atoms with Gasteiger partial charge in [0.25, 0.3) is 0 Å². The van der Waals surface area contributed by atoms with E-state index in [0.717, 1.165) is 11.4 Å². The van der Waals surface area contributed by atoms with Crippen molar-refractivity contribution in [3.8, 4) is 0 Å². The first kappa shape index (κ1) is 21.6. The SMILES string of the molecule is CC(C)N(C)S(=O)(=O)c1ccc(NC(=O)NCc2ccc(N(C)C)nc2)cc1. The van der Waals surface area contributed by atoms with Crippen molar-refractivity contribution in [2.75, 3.05) is 31.4 Å². The van der Waals surface area contributed by atoms with Gasteiger partial charge in [0.1, 0.15) is 5.82 Å². The molecule has 8 nitrogen and oxygen atoms in total. The minimum atomic E-state index is -3.54. The number of pyridine rings is 1. The lowest BCUT2D eigenvalue weighted by Gasteiger charge is -2.21. The molecule has 0 atom stereocenters. The van der Waals surface area contributed by atoms with Gasteiger partial charge in [-0.2, -0.15) is 4.31 Å². The molecular formula is C19H27N5O3S. The molecule has 0 saturated carbocycles. The molecule has 0 aliphatic rings. The van der Waals surface area contributed by atoms with E-state index < -0.39 is 10.0 Å². The van der Waals surface area contributed by atoms with Crippen LogP contribution < -0.4 is 15.5 Å². The Labute approximate surface area is 166 Å². The summed E-state index contributed by atoms with van der Waals surface area (Å²) in [6, 6.07) is 9.33. The van der Waals surface area contributed by atoms with Crippen molar-refractivity contribution >= 4 is 27.6 Å². The van der Waals surface area contributed by atoms with Gasteiger partial charge < -0.3 is 15.5 Å². The number of urea groups is 1. The fraction of sp³-hybridized carbons (Fsp3) is 0.368. The highest BCUT2D eigenvalue weighted by atomic mass is 32.2. The maximum atomic E-state index is 12.4. The van der Waals surface area contributed by atoms with Crippen LogP contribution in [0.25, 0.3) is 0 Å². The van der Waals surface area contributed by atoms with E-state index in [4.69, 9.17) is 0 Å². The number of hydrogen-bond donors (Lipinski definition) is 2. The third-order valence-corrected chi connectivity index (χ3v) is 6.28. The van der Waals surface area contributed by atoms with Crippen molar-refractivity contribution in [3.05, 3.63) is 48.2 Å². The predicted molar refractivity (Wildman–Crippen MR) is 111 cm³/mol. The Balaban J connectivity index is 1.94. The zero-order chi connectivity index (χ0) is 20.9. The highest BCUT2D eigenvalue weighted by molar-refractivity contribution is 7.89. The number of anilines is 2. The van der Waals surface area contributed by atoms with Gasteiger partial charge in [-0.05, 0) is 49.7 Å². The highest BCUT2D eigenvalue weighted by Crippen LogP contribution is 2.19. The van der Waals surface area contributed by atoms with Crippen molar-refractivity contribution in [1.82, 2.24) is 14.6 Å². The van der Waals surface area contributed by atoms with Crippen LogP contribution in [-0.4, -0.2) is 50.9 Å². The number of amides is 2. The van der Waals surface area contributed by atoms with Gasteiger partial charge in [-0.25, -0.2) is 18.2 Å². The molecule has 2 rings (SSSR count). The highest BCUT2D eigenvalue weighted by Gasteiger charge is 2.22. The van der Waals surface area contributed by atoms with E-state index >= 15 is 0 Å². The van der Waals surface area contributed by atoms with E-state index in [1.807, 2.05) is 31.1 Å². The number of aromatic nitrogens is 1. The van der Waals surface area contributed by atoms with Crippen LogP contribution in [0.1, 0.15) is 19.4 Å². The van der Waals surface area contributed by atoms with E-state index in [9.17, 15) is 13.2 Å². The fourth-order valence-corrected chi connectivity index (χ4v) is 3.67. The molecule has 1 aromatic carbocycles. The Morgan fingerprint density at radius 2 is 1.71 bits per heavy atom. The Morgan fingerprint density at radius 1 is 1.07 bits per heavy atom. The zero-order valence-electron chi connectivity index (χ0n) is 16.8. The summed E-state index contributed by atoms with van der Waals surface area (Å²) in [5, 5.41) is 5.43. The first-order chi connectivity index (χ1) is 13.1. The summed E-state index contributed by atoms with van der Waals surface area (Å²) in [6.45, 7) is 3.95. The third kappa shape index (κ3) is 5.43. The molecule has 152 valence electrons.